The predicted molar refractivity (Wildman–Crippen MR) is 105 cm³/mol. The molecule has 0 saturated heterocycles. The summed E-state index contributed by atoms with van der Waals surface area (Å²) in [6.07, 6.45) is -1.11. The van der Waals surface area contributed by atoms with Gasteiger partial charge in [-0.15, -0.1) is 0 Å². The minimum Gasteiger partial charge on any atom is -0.460 e. The van der Waals surface area contributed by atoms with Crippen LogP contribution in [0.25, 0.3) is 0 Å². The van der Waals surface area contributed by atoms with Crippen molar-refractivity contribution in [2.45, 2.75) is 50.3 Å². The number of aryl methyl sites for hydroxylation is 1. The van der Waals surface area contributed by atoms with Crippen molar-refractivity contribution in [3.05, 3.63) is 65.2 Å². The molecule has 150 valence electrons. The highest BCUT2D eigenvalue weighted by Gasteiger charge is 2.39. The molecule has 2 N–H and O–H groups in total. The molecule has 0 saturated carbocycles. The van der Waals surface area contributed by atoms with Crippen LogP contribution in [0.4, 0.5) is 0 Å². The van der Waals surface area contributed by atoms with E-state index in [0.29, 0.717) is 6.42 Å². The monoisotopic (exact) mass is 403 g/mol. The quantitative estimate of drug-likeness (QED) is 0.723. The lowest BCUT2D eigenvalue weighted by Crippen LogP contribution is -2.38. The highest BCUT2D eigenvalue weighted by Crippen LogP contribution is 2.35. The van der Waals surface area contributed by atoms with Gasteiger partial charge in [-0.25, -0.2) is 8.42 Å². The number of nitrogens with one attached hydrogen (secondary N) is 1. The van der Waals surface area contributed by atoms with Gasteiger partial charge in [-0.2, -0.15) is 4.72 Å². The Kier molecular flexibility index (Phi) is 5.88. The number of fused-ring (bicyclic) bond motifs is 1. The van der Waals surface area contributed by atoms with Crippen LogP contribution in [0.3, 0.4) is 0 Å². The predicted octanol–water partition coefficient (Wildman–Crippen LogP) is 2.50. The molecule has 0 radical (unpaired) electrons. The zero-order chi connectivity index (χ0) is 20.5. The Balaban J connectivity index is 1.88. The van der Waals surface area contributed by atoms with E-state index in [1.54, 1.807) is 31.2 Å². The molecule has 0 spiro atoms. The Bertz CT molecular complexity index is 953. The summed E-state index contributed by atoms with van der Waals surface area (Å²) in [6, 6.07) is 13.3. The third kappa shape index (κ3) is 4.27. The fourth-order valence-electron chi connectivity index (χ4n) is 3.21. The summed E-state index contributed by atoms with van der Waals surface area (Å²) >= 11 is 0. The van der Waals surface area contributed by atoms with E-state index in [0.717, 1.165) is 16.7 Å². The van der Waals surface area contributed by atoms with Gasteiger partial charge in [0.15, 0.2) is 0 Å². The Labute approximate surface area is 165 Å². The van der Waals surface area contributed by atoms with E-state index >= 15 is 0 Å². The van der Waals surface area contributed by atoms with E-state index in [4.69, 9.17) is 4.74 Å². The molecule has 7 heteroatoms. The maximum Gasteiger partial charge on any atom is 0.311 e. The van der Waals surface area contributed by atoms with Crippen molar-refractivity contribution >= 4 is 16.0 Å². The average molecular weight is 404 g/mol. The van der Waals surface area contributed by atoms with Gasteiger partial charge in [0.05, 0.1) is 23.0 Å². The van der Waals surface area contributed by atoms with Crippen molar-refractivity contribution in [1.29, 1.82) is 0 Å². The summed E-state index contributed by atoms with van der Waals surface area (Å²) in [4.78, 5) is 12.5. The summed E-state index contributed by atoms with van der Waals surface area (Å²) in [5.74, 6) is -1.24. The van der Waals surface area contributed by atoms with Crippen LogP contribution in [-0.4, -0.2) is 31.7 Å². The lowest BCUT2D eigenvalue weighted by molar-refractivity contribution is -0.157. The summed E-state index contributed by atoms with van der Waals surface area (Å²) in [6.45, 7) is 4.99. The molecule has 0 bridgehead atoms. The number of sulfonamides is 1. The Morgan fingerprint density at radius 1 is 1.14 bits per heavy atom. The normalized spacial score (nSPS) is 21.0. The number of benzene rings is 2. The van der Waals surface area contributed by atoms with E-state index in [9.17, 15) is 18.3 Å². The Morgan fingerprint density at radius 3 is 2.43 bits per heavy atom. The number of aliphatic hydroxyl groups excluding tert-OH is 1. The summed E-state index contributed by atoms with van der Waals surface area (Å²) in [7, 11) is -3.80. The molecule has 0 heterocycles. The van der Waals surface area contributed by atoms with Crippen molar-refractivity contribution in [2.75, 3.05) is 0 Å². The van der Waals surface area contributed by atoms with Gasteiger partial charge in [0.2, 0.25) is 10.0 Å². The van der Waals surface area contributed by atoms with Crippen molar-refractivity contribution in [3.63, 3.8) is 0 Å². The first-order chi connectivity index (χ1) is 13.2. The molecule has 2 aromatic rings. The molecule has 2 aromatic carbocycles. The fraction of sp³-hybridized carbons (Fsp3) is 0.381. The van der Waals surface area contributed by atoms with E-state index < -0.39 is 40.2 Å². The third-order valence-corrected chi connectivity index (χ3v) is 6.62. The van der Waals surface area contributed by atoms with Crippen molar-refractivity contribution < 1.29 is 23.1 Å². The maximum atomic E-state index is 12.9. The molecule has 0 unspecified atom stereocenters. The lowest BCUT2D eigenvalue weighted by atomic mass is 10.1. The molecule has 0 fully saturated rings. The van der Waals surface area contributed by atoms with Gasteiger partial charge in [-0.05, 0) is 44.0 Å². The molecule has 4 atom stereocenters. The largest absolute Gasteiger partial charge is 0.460 e. The average Bonchev–Trinajstić information content (AvgIpc) is 2.98. The number of esters is 1. The summed E-state index contributed by atoms with van der Waals surface area (Å²) in [5.41, 5.74) is 2.69. The summed E-state index contributed by atoms with van der Waals surface area (Å²) in [5, 5.41) is 9.65. The lowest BCUT2D eigenvalue weighted by Gasteiger charge is -2.24. The van der Waals surface area contributed by atoms with Crippen LogP contribution in [0.15, 0.2) is 53.4 Å². The SMILES string of the molecule is Cc1ccc(S(=O)(=O)N[C@@H]2c3ccccc3C[C@@H]2OC(=O)[C@H](C)[C@@H](C)O)cc1. The van der Waals surface area contributed by atoms with Crippen LogP contribution in [0.1, 0.15) is 36.6 Å². The first kappa shape index (κ1) is 20.5. The molecule has 6 nitrogen and oxygen atoms in total. The molecular formula is C21H25NO5S. The number of rotatable bonds is 6. The van der Waals surface area contributed by atoms with Crippen molar-refractivity contribution in [1.82, 2.24) is 4.72 Å². The first-order valence-electron chi connectivity index (χ1n) is 9.24. The molecule has 3 rings (SSSR count). The van der Waals surface area contributed by atoms with Crippen LogP contribution in [0, 0.1) is 12.8 Å². The molecule has 0 amide bonds. The van der Waals surface area contributed by atoms with Crippen molar-refractivity contribution in [3.8, 4) is 0 Å². The Morgan fingerprint density at radius 2 is 1.79 bits per heavy atom. The summed E-state index contributed by atoms with van der Waals surface area (Å²) < 4.78 is 34.1. The van der Waals surface area contributed by atoms with Gasteiger partial charge in [0.1, 0.15) is 6.10 Å². The number of hydrogen-bond acceptors (Lipinski definition) is 5. The number of ether oxygens (including phenoxy) is 1. The minimum absolute atomic E-state index is 0.157. The van der Waals surface area contributed by atoms with Gasteiger partial charge in [0.25, 0.3) is 0 Å². The zero-order valence-corrected chi connectivity index (χ0v) is 16.9. The molecule has 28 heavy (non-hydrogen) atoms. The second-order valence-corrected chi connectivity index (χ2v) is 9.03. The van der Waals surface area contributed by atoms with E-state index in [1.807, 2.05) is 31.2 Å². The topological polar surface area (TPSA) is 92.7 Å². The Hall–Kier alpha value is -2.22. The number of hydrogen-bond donors (Lipinski definition) is 2. The fourth-order valence-corrected chi connectivity index (χ4v) is 4.46. The van der Waals surface area contributed by atoms with Gasteiger partial charge in [-0.1, -0.05) is 42.0 Å². The van der Waals surface area contributed by atoms with Gasteiger partial charge in [0, 0.05) is 6.42 Å². The smallest absolute Gasteiger partial charge is 0.311 e. The van der Waals surface area contributed by atoms with Crippen LogP contribution in [-0.2, 0) is 26.0 Å². The van der Waals surface area contributed by atoms with Crippen LogP contribution < -0.4 is 4.72 Å². The van der Waals surface area contributed by atoms with Crippen LogP contribution in [0.5, 0.6) is 0 Å². The number of aliphatic hydroxyl groups is 1. The van der Waals surface area contributed by atoms with Gasteiger partial charge >= 0.3 is 5.97 Å². The van der Waals surface area contributed by atoms with E-state index in [1.165, 1.54) is 6.92 Å². The number of carbonyl (C=O) groups is 1. The first-order valence-corrected chi connectivity index (χ1v) is 10.7. The van der Waals surface area contributed by atoms with Crippen molar-refractivity contribution in [2.24, 2.45) is 5.92 Å². The second kappa shape index (κ2) is 8.03. The molecular weight excluding hydrogens is 378 g/mol. The minimum atomic E-state index is -3.80. The molecule has 0 aliphatic heterocycles. The third-order valence-electron chi connectivity index (χ3n) is 5.16. The highest BCUT2D eigenvalue weighted by atomic mass is 32.2. The zero-order valence-electron chi connectivity index (χ0n) is 16.1. The van der Waals surface area contributed by atoms with Crippen LogP contribution >= 0.6 is 0 Å². The van der Waals surface area contributed by atoms with Gasteiger partial charge in [-0.3, -0.25) is 4.79 Å². The van der Waals surface area contributed by atoms with E-state index in [2.05, 4.69) is 4.72 Å². The molecule has 0 aromatic heterocycles. The van der Waals surface area contributed by atoms with Gasteiger partial charge < -0.3 is 9.84 Å². The molecule has 1 aliphatic carbocycles. The standard InChI is InChI=1S/C21H25NO5S/c1-13-8-10-17(11-9-13)28(25,26)22-20-18-7-5-4-6-16(18)12-19(20)27-21(24)14(2)15(3)23/h4-11,14-15,19-20,22-23H,12H2,1-3H3/t14-,15-,19+,20-/m1/s1. The number of carbonyl (C=O) groups excluding carboxylic acids is 1. The molecule has 1 aliphatic rings. The highest BCUT2D eigenvalue weighted by molar-refractivity contribution is 7.89. The van der Waals surface area contributed by atoms with E-state index in [-0.39, 0.29) is 4.90 Å². The maximum absolute atomic E-state index is 12.9. The van der Waals surface area contributed by atoms with Crippen LogP contribution in [0.2, 0.25) is 0 Å². The second-order valence-electron chi connectivity index (χ2n) is 7.32.